The van der Waals surface area contributed by atoms with Crippen LogP contribution < -0.4 is 25.8 Å². The van der Waals surface area contributed by atoms with Crippen LogP contribution in [-0.2, 0) is 6.18 Å². The molecule has 0 bridgehead atoms. The van der Waals surface area contributed by atoms with Crippen molar-refractivity contribution >= 4 is 22.5 Å². The molecule has 0 radical (unpaired) electrons. The van der Waals surface area contributed by atoms with Crippen molar-refractivity contribution in [3.8, 4) is 23.0 Å². The number of ether oxygens (including phenoxy) is 2. The molecule has 10 nitrogen and oxygen atoms in total. The maximum absolute atomic E-state index is 13.3. The van der Waals surface area contributed by atoms with Crippen molar-refractivity contribution in [2.24, 2.45) is 5.73 Å². The maximum Gasteiger partial charge on any atom is 0.433 e. The van der Waals surface area contributed by atoms with Crippen LogP contribution in [0.3, 0.4) is 0 Å². The summed E-state index contributed by atoms with van der Waals surface area (Å²) in [6.07, 6.45) is -4.48. The summed E-state index contributed by atoms with van der Waals surface area (Å²) in [6.45, 7) is 3.42. The van der Waals surface area contributed by atoms with Crippen LogP contribution in [0.25, 0.3) is 22.4 Å². The second-order valence-electron chi connectivity index (χ2n) is 8.50. The quantitative estimate of drug-likeness (QED) is 0.166. The van der Waals surface area contributed by atoms with Gasteiger partial charge in [-0.3, -0.25) is 4.79 Å². The summed E-state index contributed by atoms with van der Waals surface area (Å²) in [5, 5.41) is 16.0. The molecule has 0 spiro atoms. The first-order valence-corrected chi connectivity index (χ1v) is 11.9. The van der Waals surface area contributed by atoms with E-state index in [0.29, 0.717) is 11.4 Å². The minimum atomic E-state index is -4.67. The van der Waals surface area contributed by atoms with E-state index in [2.05, 4.69) is 27.2 Å². The number of anilines is 1. The molecule has 0 saturated heterocycles. The van der Waals surface area contributed by atoms with Gasteiger partial charge in [0.2, 0.25) is 5.89 Å². The van der Waals surface area contributed by atoms with Gasteiger partial charge in [0, 0.05) is 16.6 Å². The highest BCUT2D eigenvalue weighted by molar-refractivity contribution is 5.98. The highest BCUT2D eigenvalue weighted by atomic mass is 19.4. The van der Waals surface area contributed by atoms with Crippen molar-refractivity contribution in [1.82, 2.24) is 15.3 Å². The van der Waals surface area contributed by atoms with Gasteiger partial charge in [0.15, 0.2) is 11.5 Å². The third-order valence-corrected chi connectivity index (χ3v) is 5.87. The summed E-state index contributed by atoms with van der Waals surface area (Å²) in [5.74, 6) is -0.0566. The Labute approximate surface area is 226 Å². The largest absolute Gasteiger partial charge is 0.497 e. The first kappa shape index (κ1) is 28.4. The second kappa shape index (κ2) is 11.6. The van der Waals surface area contributed by atoms with E-state index in [1.54, 1.807) is 24.3 Å². The summed E-state index contributed by atoms with van der Waals surface area (Å²) in [7, 11) is 2.84. The van der Waals surface area contributed by atoms with E-state index in [4.69, 9.17) is 19.6 Å². The number of carbonyl (C=O) groups excluding carboxylic acids is 1. The molecule has 0 fully saturated rings. The van der Waals surface area contributed by atoms with Crippen LogP contribution >= 0.6 is 0 Å². The first-order chi connectivity index (χ1) is 19.0. The van der Waals surface area contributed by atoms with Crippen LogP contribution in [0.5, 0.6) is 11.5 Å². The summed E-state index contributed by atoms with van der Waals surface area (Å²) < 4.78 is 56.0. The number of rotatable bonds is 10. The molecule has 0 aliphatic heterocycles. The fourth-order valence-electron chi connectivity index (χ4n) is 3.85. The lowest BCUT2D eigenvalue weighted by Crippen LogP contribution is -2.37. The number of alkyl halides is 3. The van der Waals surface area contributed by atoms with Gasteiger partial charge in [-0.2, -0.15) is 13.2 Å². The number of fused-ring (bicyclic) bond motifs is 1. The van der Waals surface area contributed by atoms with Crippen LogP contribution in [0, 0.1) is 0 Å². The molecular formula is C27H26F3N5O5. The van der Waals surface area contributed by atoms with Crippen LogP contribution in [0.4, 0.5) is 18.9 Å². The molecule has 210 valence electrons. The van der Waals surface area contributed by atoms with E-state index in [1.165, 1.54) is 38.5 Å². The van der Waals surface area contributed by atoms with E-state index in [9.17, 15) is 23.1 Å². The molecule has 0 aliphatic carbocycles. The van der Waals surface area contributed by atoms with Gasteiger partial charge in [0.1, 0.15) is 28.9 Å². The number of nitrogens with two attached hydrogens (primary N) is 1. The van der Waals surface area contributed by atoms with Crippen LogP contribution in [-0.4, -0.2) is 48.0 Å². The SMILES string of the molecule is C=C[C@H](N)c1oc(-c2ccc(OC)c3nc(C(F)(F)F)ccc23)nc1C(=O)NCC(O)Nc1ccc(OC)cc1. The van der Waals surface area contributed by atoms with E-state index in [-0.39, 0.29) is 46.1 Å². The van der Waals surface area contributed by atoms with Gasteiger partial charge >= 0.3 is 6.18 Å². The molecule has 4 rings (SSSR count). The Hall–Kier alpha value is -4.62. The number of methoxy groups -OCH3 is 2. The molecule has 2 heterocycles. The number of oxazole rings is 1. The molecule has 5 N–H and O–H groups in total. The zero-order valence-corrected chi connectivity index (χ0v) is 21.5. The molecule has 1 unspecified atom stereocenters. The molecule has 2 aromatic heterocycles. The number of benzene rings is 2. The van der Waals surface area contributed by atoms with Gasteiger partial charge in [-0.25, -0.2) is 9.97 Å². The van der Waals surface area contributed by atoms with Crippen LogP contribution in [0.2, 0.25) is 0 Å². The van der Waals surface area contributed by atoms with Crippen molar-refractivity contribution in [2.45, 2.75) is 18.4 Å². The molecule has 40 heavy (non-hydrogen) atoms. The predicted octanol–water partition coefficient (Wildman–Crippen LogP) is 4.27. The van der Waals surface area contributed by atoms with Crippen molar-refractivity contribution in [2.75, 3.05) is 26.1 Å². The zero-order valence-electron chi connectivity index (χ0n) is 21.5. The van der Waals surface area contributed by atoms with E-state index in [0.717, 1.165) is 6.07 Å². The highest BCUT2D eigenvalue weighted by Crippen LogP contribution is 2.37. The first-order valence-electron chi connectivity index (χ1n) is 11.9. The Balaban J connectivity index is 1.62. The molecule has 0 saturated carbocycles. The number of amides is 1. The number of aliphatic hydroxyl groups excluding tert-OH is 1. The lowest BCUT2D eigenvalue weighted by Gasteiger charge is -2.15. The van der Waals surface area contributed by atoms with Crippen LogP contribution in [0.15, 0.2) is 65.6 Å². The van der Waals surface area contributed by atoms with E-state index in [1.807, 2.05) is 0 Å². The monoisotopic (exact) mass is 557 g/mol. The third-order valence-electron chi connectivity index (χ3n) is 5.87. The van der Waals surface area contributed by atoms with E-state index >= 15 is 0 Å². The Morgan fingerprint density at radius 2 is 1.85 bits per heavy atom. The molecule has 0 aliphatic rings. The lowest BCUT2D eigenvalue weighted by molar-refractivity contribution is -0.140. The number of aromatic nitrogens is 2. The summed E-state index contributed by atoms with van der Waals surface area (Å²) in [6, 6.07) is 10.9. The molecule has 4 aromatic rings. The van der Waals surface area contributed by atoms with Crippen molar-refractivity contribution in [1.29, 1.82) is 0 Å². The van der Waals surface area contributed by atoms with Crippen molar-refractivity contribution < 1.29 is 37.0 Å². The van der Waals surface area contributed by atoms with Crippen molar-refractivity contribution in [3.05, 3.63) is 78.3 Å². The summed E-state index contributed by atoms with van der Waals surface area (Å²) in [5.41, 5.74) is 5.58. The molecule has 2 atom stereocenters. The minimum absolute atomic E-state index is 0.0241. The van der Waals surface area contributed by atoms with Gasteiger partial charge in [-0.05, 0) is 48.5 Å². The number of carbonyl (C=O) groups is 1. The standard InChI is InChI=1S/C27H26F3N5O5/c1-4-18(31)24-23(25(37)32-13-21(36)33-14-5-7-15(38-2)8-6-14)35-26(40-24)17-9-11-19(39-3)22-16(17)10-12-20(34-22)27(28,29)30/h4-12,18,21,33,36H,1,13,31H2,2-3H3,(H,32,37)/t18-,21?/m0/s1. The number of aliphatic hydroxyl groups is 1. The zero-order chi connectivity index (χ0) is 29.0. The van der Waals surface area contributed by atoms with Gasteiger partial charge < -0.3 is 35.4 Å². The Bertz CT molecular complexity index is 1520. The van der Waals surface area contributed by atoms with Crippen LogP contribution in [0.1, 0.15) is 28.0 Å². The number of nitrogens with zero attached hydrogens (tertiary/aromatic N) is 2. The second-order valence-corrected chi connectivity index (χ2v) is 8.50. The fraction of sp³-hybridized carbons (Fsp3) is 0.222. The normalized spacial score (nSPS) is 13.0. The topological polar surface area (TPSA) is 145 Å². The third kappa shape index (κ3) is 6.00. The number of hydrogen-bond donors (Lipinski definition) is 4. The lowest BCUT2D eigenvalue weighted by atomic mass is 10.1. The van der Waals surface area contributed by atoms with Gasteiger partial charge in [0.25, 0.3) is 5.91 Å². The highest BCUT2D eigenvalue weighted by Gasteiger charge is 2.33. The van der Waals surface area contributed by atoms with Gasteiger partial charge in [-0.1, -0.05) is 6.08 Å². The number of pyridine rings is 1. The molecular weight excluding hydrogens is 531 g/mol. The Kier molecular flexibility index (Phi) is 8.26. The average Bonchev–Trinajstić information content (AvgIpc) is 3.40. The number of hydrogen-bond acceptors (Lipinski definition) is 9. The predicted molar refractivity (Wildman–Crippen MR) is 141 cm³/mol. The number of nitrogens with one attached hydrogen (secondary N) is 2. The molecule has 13 heteroatoms. The number of halogens is 3. The Morgan fingerprint density at radius 1 is 1.12 bits per heavy atom. The van der Waals surface area contributed by atoms with Gasteiger partial charge in [0.05, 0.1) is 26.8 Å². The van der Waals surface area contributed by atoms with Crippen molar-refractivity contribution in [3.63, 3.8) is 0 Å². The summed E-state index contributed by atoms with van der Waals surface area (Å²) in [4.78, 5) is 21.1. The Morgan fingerprint density at radius 3 is 2.48 bits per heavy atom. The minimum Gasteiger partial charge on any atom is -0.497 e. The average molecular weight is 558 g/mol. The fourth-order valence-corrected chi connectivity index (χ4v) is 3.85. The molecule has 2 aromatic carbocycles. The maximum atomic E-state index is 13.3. The van der Waals surface area contributed by atoms with E-state index < -0.39 is 30.0 Å². The molecule has 1 amide bonds. The van der Waals surface area contributed by atoms with Gasteiger partial charge in [-0.15, -0.1) is 6.58 Å². The summed E-state index contributed by atoms with van der Waals surface area (Å²) >= 11 is 0. The smallest absolute Gasteiger partial charge is 0.433 e.